The Morgan fingerprint density at radius 1 is 1.23 bits per heavy atom. The number of hydrogen-bond acceptors (Lipinski definition) is 4. The first-order valence-corrected chi connectivity index (χ1v) is 9.92. The number of nitrogens with one attached hydrogen (secondary N) is 1. The SMILES string of the molecule is Cc1cc(Cl)ccc1NC(=O)c1cc(S(=O)(=O)N2CCOCC2)cn1C. The average Bonchev–Trinajstić information content (AvgIpc) is 3.01. The number of ether oxygens (including phenoxy) is 1. The second-order valence-electron chi connectivity index (χ2n) is 6.10. The molecule has 1 aromatic heterocycles. The quantitative estimate of drug-likeness (QED) is 0.858. The number of amides is 1. The summed E-state index contributed by atoms with van der Waals surface area (Å²) >= 11 is 5.93. The van der Waals surface area contributed by atoms with Gasteiger partial charge in [-0.05, 0) is 36.8 Å². The van der Waals surface area contributed by atoms with Gasteiger partial charge in [-0.2, -0.15) is 4.31 Å². The minimum absolute atomic E-state index is 0.0971. The van der Waals surface area contributed by atoms with E-state index in [0.29, 0.717) is 37.0 Å². The predicted octanol–water partition coefficient (Wildman–Crippen LogP) is 2.26. The first kappa shape index (κ1) is 18.9. The second-order valence-corrected chi connectivity index (χ2v) is 8.48. The molecule has 1 fully saturated rings. The summed E-state index contributed by atoms with van der Waals surface area (Å²) in [6.45, 7) is 3.19. The lowest BCUT2D eigenvalue weighted by atomic mass is 10.2. The summed E-state index contributed by atoms with van der Waals surface area (Å²) in [6.07, 6.45) is 1.45. The average molecular weight is 398 g/mol. The summed E-state index contributed by atoms with van der Waals surface area (Å²) in [5.41, 5.74) is 1.70. The van der Waals surface area contributed by atoms with Crippen LogP contribution in [0.4, 0.5) is 5.69 Å². The first-order chi connectivity index (χ1) is 12.3. The number of benzene rings is 1. The van der Waals surface area contributed by atoms with Crippen LogP contribution in [0, 0.1) is 6.92 Å². The molecule has 1 aliphatic heterocycles. The van der Waals surface area contributed by atoms with E-state index < -0.39 is 10.0 Å². The fourth-order valence-corrected chi connectivity index (χ4v) is 4.50. The largest absolute Gasteiger partial charge is 0.379 e. The number of carbonyl (C=O) groups is 1. The van der Waals surface area contributed by atoms with E-state index in [1.165, 1.54) is 21.1 Å². The molecule has 1 amide bonds. The van der Waals surface area contributed by atoms with E-state index in [2.05, 4.69) is 5.32 Å². The number of rotatable bonds is 4. The third kappa shape index (κ3) is 3.78. The van der Waals surface area contributed by atoms with Crippen molar-refractivity contribution in [2.24, 2.45) is 7.05 Å². The number of carbonyl (C=O) groups excluding carboxylic acids is 1. The molecular formula is C17H20ClN3O4S. The molecule has 0 bridgehead atoms. The standard InChI is InChI=1S/C17H20ClN3O4S/c1-12-9-13(18)3-4-15(12)19-17(22)16-10-14(11-20(16)2)26(23,24)21-5-7-25-8-6-21/h3-4,9-11H,5-8H2,1-2H3,(H,19,22). The van der Waals surface area contributed by atoms with Crippen LogP contribution in [-0.4, -0.2) is 49.5 Å². The molecule has 0 radical (unpaired) electrons. The third-order valence-corrected chi connectivity index (χ3v) is 6.36. The number of aryl methyl sites for hydroxylation is 2. The van der Waals surface area contributed by atoms with Crippen molar-refractivity contribution in [2.45, 2.75) is 11.8 Å². The number of halogens is 1. The van der Waals surface area contributed by atoms with Crippen LogP contribution < -0.4 is 5.32 Å². The van der Waals surface area contributed by atoms with Gasteiger partial charge in [0, 0.05) is 37.0 Å². The van der Waals surface area contributed by atoms with Gasteiger partial charge in [-0.15, -0.1) is 0 Å². The Hall–Kier alpha value is -1.87. The Balaban J connectivity index is 1.84. The molecule has 0 saturated carbocycles. The van der Waals surface area contributed by atoms with E-state index in [0.717, 1.165) is 5.56 Å². The normalized spacial score (nSPS) is 15.8. The number of sulfonamides is 1. The van der Waals surface area contributed by atoms with Crippen LogP contribution in [0.2, 0.25) is 5.02 Å². The van der Waals surface area contributed by atoms with Gasteiger partial charge in [0.25, 0.3) is 5.91 Å². The number of nitrogens with zero attached hydrogens (tertiary/aromatic N) is 2. The summed E-state index contributed by atoms with van der Waals surface area (Å²) in [5.74, 6) is -0.388. The lowest BCUT2D eigenvalue weighted by Crippen LogP contribution is -2.40. The minimum atomic E-state index is -3.65. The van der Waals surface area contributed by atoms with Gasteiger partial charge in [0.15, 0.2) is 0 Å². The molecule has 0 unspecified atom stereocenters. The Labute approximate surface area is 157 Å². The van der Waals surface area contributed by atoms with Crippen molar-refractivity contribution in [2.75, 3.05) is 31.6 Å². The fourth-order valence-electron chi connectivity index (χ4n) is 2.79. The first-order valence-electron chi connectivity index (χ1n) is 8.11. The van der Waals surface area contributed by atoms with Gasteiger partial charge in [0.1, 0.15) is 10.6 Å². The molecule has 0 spiro atoms. The van der Waals surface area contributed by atoms with Crippen LogP contribution in [0.5, 0.6) is 0 Å². The Morgan fingerprint density at radius 3 is 2.58 bits per heavy atom. The second kappa shape index (κ2) is 7.40. The van der Waals surface area contributed by atoms with E-state index >= 15 is 0 Å². The topological polar surface area (TPSA) is 80.6 Å². The van der Waals surface area contributed by atoms with Gasteiger partial charge >= 0.3 is 0 Å². The van der Waals surface area contributed by atoms with Gasteiger partial charge in [0.05, 0.1) is 13.2 Å². The van der Waals surface area contributed by atoms with Crippen LogP contribution in [-0.2, 0) is 21.8 Å². The zero-order chi connectivity index (χ0) is 18.9. The Kier molecular flexibility index (Phi) is 5.38. The van der Waals surface area contributed by atoms with Crippen molar-refractivity contribution in [1.29, 1.82) is 0 Å². The zero-order valence-electron chi connectivity index (χ0n) is 14.5. The molecule has 2 aromatic rings. The fraction of sp³-hybridized carbons (Fsp3) is 0.353. The van der Waals surface area contributed by atoms with Crippen molar-refractivity contribution < 1.29 is 17.9 Å². The third-order valence-electron chi connectivity index (χ3n) is 4.26. The van der Waals surface area contributed by atoms with Crippen LogP contribution >= 0.6 is 11.6 Å². The summed E-state index contributed by atoms with van der Waals surface area (Å²) < 4.78 is 33.6. The molecule has 26 heavy (non-hydrogen) atoms. The van der Waals surface area contributed by atoms with E-state index in [4.69, 9.17) is 16.3 Å². The number of hydrogen-bond donors (Lipinski definition) is 1. The van der Waals surface area contributed by atoms with Crippen LogP contribution in [0.25, 0.3) is 0 Å². The lowest BCUT2D eigenvalue weighted by molar-refractivity contribution is 0.0730. The molecule has 3 rings (SSSR count). The van der Waals surface area contributed by atoms with Gasteiger partial charge in [-0.1, -0.05) is 11.6 Å². The van der Waals surface area contributed by atoms with Gasteiger partial charge in [-0.25, -0.2) is 8.42 Å². The summed E-state index contributed by atoms with van der Waals surface area (Å²) in [5, 5.41) is 3.37. The van der Waals surface area contributed by atoms with E-state index in [-0.39, 0.29) is 16.5 Å². The molecule has 7 nitrogen and oxygen atoms in total. The maximum absolute atomic E-state index is 12.7. The highest BCUT2D eigenvalue weighted by molar-refractivity contribution is 7.89. The molecular weight excluding hydrogens is 378 g/mol. The number of morpholine rings is 1. The molecule has 1 saturated heterocycles. The highest BCUT2D eigenvalue weighted by atomic mass is 35.5. The summed E-state index contributed by atoms with van der Waals surface area (Å²) in [4.78, 5) is 12.7. The van der Waals surface area contributed by atoms with E-state index in [1.807, 2.05) is 6.92 Å². The van der Waals surface area contributed by atoms with Crippen LogP contribution in [0.15, 0.2) is 35.4 Å². The van der Waals surface area contributed by atoms with Gasteiger partial charge in [-0.3, -0.25) is 4.79 Å². The molecule has 0 aliphatic carbocycles. The minimum Gasteiger partial charge on any atom is -0.379 e. The summed E-state index contributed by atoms with van der Waals surface area (Å²) in [6, 6.07) is 6.54. The van der Waals surface area contributed by atoms with Crippen molar-refractivity contribution in [3.05, 3.63) is 46.7 Å². The zero-order valence-corrected chi connectivity index (χ0v) is 16.1. The highest BCUT2D eigenvalue weighted by Gasteiger charge is 2.28. The molecule has 140 valence electrons. The molecule has 1 aromatic carbocycles. The molecule has 9 heteroatoms. The van der Waals surface area contributed by atoms with Gasteiger partial charge < -0.3 is 14.6 Å². The van der Waals surface area contributed by atoms with Crippen molar-refractivity contribution in [1.82, 2.24) is 8.87 Å². The van der Waals surface area contributed by atoms with Gasteiger partial charge in [0.2, 0.25) is 10.0 Å². The van der Waals surface area contributed by atoms with E-state index in [1.54, 1.807) is 25.2 Å². The maximum Gasteiger partial charge on any atom is 0.272 e. The van der Waals surface area contributed by atoms with Crippen LogP contribution in [0.3, 0.4) is 0 Å². The highest BCUT2D eigenvalue weighted by Crippen LogP contribution is 2.23. The molecule has 0 atom stereocenters. The van der Waals surface area contributed by atoms with Crippen molar-refractivity contribution in [3.63, 3.8) is 0 Å². The predicted molar refractivity (Wildman–Crippen MR) is 99.1 cm³/mol. The lowest BCUT2D eigenvalue weighted by Gasteiger charge is -2.25. The maximum atomic E-state index is 12.7. The smallest absolute Gasteiger partial charge is 0.272 e. The molecule has 2 heterocycles. The Morgan fingerprint density at radius 2 is 1.92 bits per heavy atom. The number of aromatic nitrogens is 1. The molecule has 1 N–H and O–H groups in total. The van der Waals surface area contributed by atoms with Crippen molar-refractivity contribution in [3.8, 4) is 0 Å². The summed E-state index contributed by atoms with van der Waals surface area (Å²) in [7, 11) is -2.01. The monoisotopic (exact) mass is 397 g/mol. The van der Waals surface area contributed by atoms with Crippen molar-refractivity contribution >= 4 is 33.2 Å². The number of anilines is 1. The van der Waals surface area contributed by atoms with E-state index in [9.17, 15) is 13.2 Å². The van der Waals surface area contributed by atoms with Crippen LogP contribution in [0.1, 0.15) is 16.1 Å². The molecule has 1 aliphatic rings. The Bertz CT molecular complexity index is 933.